The molecule has 1 heterocycles. The highest BCUT2D eigenvalue weighted by Crippen LogP contribution is 2.20. The Kier molecular flexibility index (Phi) is 5.12. The molecule has 1 saturated heterocycles. The minimum Gasteiger partial charge on any atom is -0.324 e. The summed E-state index contributed by atoms with van der Waals surface area (Å²) in [5.74, 6) is 0.665. The first-order chi connectivity index (χ1) is 9.99. The van der Waals surface area contributed by atoms with Crippen molar-refractivity contribution in [3.8, 4) is 0 Å². The molecule has 1 fully saturated rings. The zero-order valence-corrected chi connectivity index (χ0v) is 13.1. The number of benzene rings is 1. The van der Waals surface area contributed by atoms with Crippen LogP contribution in [0, 0.1) is 5.92 Å². The van der Waals surface area contributed by atoms with Gasteiger partial charge in [0.2, 0.25) is 5.91 Å². The summed E-state index contributed by atoms with van der Waals surface area (Å²) in [5, 5.41) is 2.90. The topological polar surface area (TPSA) is 49.4 Å². The van der Waals surface area contributed by atoms with Crippen LogP contribution in [0.3, 0.4) is 0 Å². The molecule has 0 aromatic heterocycles. The third-order valence-corrected chi connectivity index (χ3v) is 4.31. The van der Waals surface area contributed by atoms with Gasteiger partial charge >= 0.3 is 0 Å². The average Bonchev–Trinajstić information content (AvgIpc) is 2.47. The van der Waals surface area contributed by atoms with E-state index in [0.29, 0.717) is 11.3 Å². The number of hydrogen-bond acceptors (Lipinski definition) is 3. The molecule has 0 radical (unpaired) electrons. The smallest absolute Gasteiger partial charge is 0.241 e. The molecule has 0 bridgehead atoms. The Balaban J connectivity index is 2.03. The third kappa shape index (κ3) is 3.91. The number of likely N-dealkylation sites (tertiary alicyclic amines) is 1. The molecule has 1 atom stereocenters. The van der Waals surface area contributed by atoms with Crippen molar-refractivity contribution in [2.24, 2.45) is 5.92 Å². The molecule has 4 heteroatoms. The Morgan fingerprint density at radius 1 is 1.24 bits per heavy atom. The maximum Gasteiger partial charge on any atom is 0.241 e. The van der Waals surface area contributed by atoms with Gasteiger partial charge in [-0.05, 0) is 57.8 Å². The third-order valence-electron chi connectivity index (χ3n) is 4.31. The Morgan fingerprint density at radius 3 is 2.48 bits per heavy atom. The summed E-state index contributed by atoms with van der Waals surface area (Å²) < 4.78 is 0. The summed E-state index contributed by atoms with van der Waals surface area (Å²) >= 11 is 0. The van der Waals surface area contributed by atoms with Gasteiger partial charge in [-0.3, -0.25) is 14.5 Å². The van der Waals surface area contributed by atoms with Crippen molar-refractivity contribution in [3.05, 3.63) is 29.8 Å². The van der Waals surface area contributed by atoms with E-state index in [1.807, 2.05) is 19.1 Å². The average molecular weight is 288 g/mol. The Hall–Kier alpha value is -1.68. The van der Waals surface area contributed by atoms with Crippen molar-refractivity contribution >= 4 is 17.4 Å². The van der Waals surface area contributed by atoms with Gasteiger partial charge in [-0.1, -0.05) is 19.1 Å². The summed E-state index contributed by atoms with van der Waals surface area (Å²) in [4.78, 5) is 26.2. The Bertz CT molecular complexity index is 519. The SMILES string of the molecule is CC(=O)c1ccccc1NC(=O)[C@H](C)N1CCC(C)CC1. The number of carbonyl (C=O) groups excluding carboxylic acids is 2. The highest BCUT2D eigenvalue weighted by Gasteiger charge is 2.25. The van der Waals surface area contributed by atoms with Crippen LogP contribution in [0.1, 0.15) is 44.0 Å². The van der Waals surface area contributed by atoms with Crippen LogP contribution in [-0.4, -0.2) is 35.7 Å². The van der Waals surface area contributed by atoms with Crippen LogP contribution in [0.4, 0.5) is 5.69 Å². The standard InChI is InChI=1S/C17H24N2O2/c1-12-8-10-19(11-9-12)13(2)17(21)18-16-7-5-4-6-15(16)14(3)20/h4-7,12-13H,8-11H2,1-3H3,(H,18,21)/t13-/m0/s1. The molecule has 2 rings (SSSR count). The fraction of sp³-hybridized carbons (Fsp3) is 0.529. The zero-order valence-electron chi connectivity index (χ0n) is 13.1. The molecule has 1 amide bonds. The van der Waals surface area contributed by atoms with Gasteiger partial charge in [-0.25, -0.2) is 0 Å². The number of rotatable bonds is 4. The lowest BCUT2D eigenvalue weighted by molar-refractivity contribution is -0.121. The predicted molar refractivity (Wildman–Crippen MR) is 84.5 cm³/mol. The lowest BCUT2D eigenvalue weighted by atomic mass is 9.98. The van der Waals surface area contributed by atoms with Crippen molar-refractivity contribution < 1.29 is 9.59 Å². The first kappa shape index (κ1) is 15.7. The summed E-state index contributed by atoms with van der Waals surface area (Å²) in [6.45, 7) is 7.63. The van der Waals surface area contributed by atoms with Crippen molar-refractivity contribution in [1.82, 2.24) is 4.90 Å². The normalized spacial score (nSPS) is 18.2. The van der Waals surface area contributed by atoms with E-state index in [9.17, 15) is 9.59 Å². The molecule has 1 aromatic carbocycles. The monoisotopic (exact) mass is 288 g/mol. The summed E-state index contributed by atoms with van der Waals surface area (Å²) in [6, 6.07) is 6.99. The van der Waals surface area contributed by atoms with Crippen LogP contribution in [0.15, 0.2) is 24.3 Å². The number of ketones is 1. The molecule has 0 spiro atoms. The first-order valence-corrected chi connectivity index (χ1v) is 7.64. The summed E-state index contributed by atoms with van der Waals surface area (Å²) in [6.07, 6.45) is 2.28. The van der Waals surface area contributed by atoms with E-state index >= 15 is 0 Å². The van der Waals surface area contributed by atoms with Crippen LogP contribution >= 0.6 is 0 Å². The molecule has 4 nitrogen and oxygen atoms in total. The fourth-order valence-electron chi connectivity index (χ4n) is 2.72. The molecular weight excluding hydrogens is 264 g/mol. The number of piperidine rings is 1. The predicted octanol–water partition coefficient (Wildman–Crippen LogP) is 2.95. The van der Waals surface area contributed by atoms with E-state index in [1.165, 1.54) is 6.92 Å². The van der Waals surface area contributed by atoms with Crippen molar-refractivity contribution in [3.63, 3.8) is 0 Å². The van der Waals surface area contributed by atoms with Gasteiger partial charge < -0.3 is 5.32 Å². The van der Waals surface area contributed by atoms with Crippen LogP contribution in [0.25, 0.3) is 0 Å². The van der Waals surface area contributed by atoms with Crippen LogP contribution in [0.5, 0.6) is 0 Å². The molecule has 114 valence electrons. The number of nitrogens with zero attached hydrogens (tertiary/aromatic N) is 1. The van der Waals surface area contributed by atoms with E-state index in [-0.39, 0.29) is 17.7 Å². The number of carbonyl (C=O) groups is 2. The van der Waals surface area contributed by atoms with E-state index in [4.69, 9.17) is 0 Å². The van der Waals surface area contributed by atoms with Gasteiger partial charge in [0.25, 0.3) is 0 Å². The van der Waals surface area contributed by atoms with E-state index in [0.717, 1.165) is 31.8 Å². The van der Waals surface area contributed by atoms with Gasteiger partial charge in [0, 0.05) is 5.56 Å². The van der Waals surface area contributed by atoms with Gasteiger partial charge in [0.15, 0.2) is 5.78 Å². The number of amides is 1. The quantitative estimate of drug-likeness (QED) is 0.867. The largest absolute Gasteiger partial charge is 0.324 e. The number of hydrogen-bond donors (Lipinski definition) is 1. The van der Waals surface area contributed by atoms with Crippen LogP contribution in [-0.2, 0) is 4.79 Å². The van der Waals surface area contributed by atoms with E-state index in [1.54, 1.807) is 12.1 Å². The highest BCUT2D eigenvalue weighted by molar-refractivity contribution is 6.04. The number of Topliss-reactive ketones (excluding diaryl/α,β-unsaturated/α-hetero) is 1. The van der Waals surface area contributed by atoms with E-state index < -0.39 is 0 Å². The van der Waals surface area contributed by atoms with Crippen molar-refractivity contribution in [2.45, 2.75) is 39.7 Å². The second kappa shape index (κ2) is 6.85. The number of para-hydroxylation sites is 1. The van der Waals surface area contributed by atoms with Gasteiger partial charge in [0.1, 0.15) is 0 Å². The number of anilines is 1. The van der Waals surface area contributed by atoms with Gasteiger partial charge in [0.05, 0.1) is 11.7 Å². The lowest BCUT2D eigenvalue weighted by Gasteiger charge is -2.34. The summed E-state index contributed by atoms with van der Waals surface area (Å²) in [5.41, 5.74) is 1.16. The molecule has 1 aliphatic heterocycles. The van der Waals surface area contributed by atoms with Gasteiger partial charge in [-0.2, -0.15) is 0 Å². The lowest BCUT2D eigenvalue weighted by Crippen LogP contribution is -2.45. The minimum absolute atomic E-state index is 0.0367. The van der Waals surface area contributed by atoms with Crippen molar-refractivity contribution in [2.75, 3.05) is 18.4 Å². The second-order valence-corrected chi connectivity index (χ2v) is 5.99. The van der Waals surface area contributed by atoms with Crippen LogP contribution in [0.2, 0.25) is 0 Å². The van der Waals surface area contributed by atoms with Crippen LogP contribution < -0.4 is 5.32 Å². The molecule has 1 aromatic rings. The van der Waals surface area contributed by atoms with Crippen molar-refractivity contribution in [1.29, 1.82) is 0 Å². The fourth-order valence-corrected chi connectivity index (χ4v) is 2.72. The Labute approximate surface area is 126 Å². The molecule has 0 unspecified atom stereocenters. The molecule has 21 heavy (non-hydrogen) atoms. The second-order valence-electron chi connectivity index (χ2n) is 5.99. The summed E-state index contributed by atoms with van der Waals surface area (Å²) in [7, 11) is 0. The molecule has 0 saturated carbocycles. The molecule has 0 aliphatic carbocycles. The zero-order chi connectivity index (χ0) is 15.4. The minimum atomic E-state index is -0.169. The Morgan fingerprint density at radius 2 is 1.86 bits per heavy atom. The van der Waals surface area contributed by atoms with E-state index in [2.05, 4.69) is 17.1 Å². The highest BCUT2D eigenvalue weighted by atomic mass is 16.2. The first-order valence-electron chi connectivity index (χ1n) is 7.64. The molecular formula is C17H24N2O2. The maximum absolute atomic E-state index is 12.4. The molecule has 1 aliphatic rings. The maximum atomic E-state index is 12.4. The molecule has 1 N–H and O–H groups in total. The number of nitrogens with one attached hydrogen (secondary N) is 1. The van der Waals surface area contributed by atoms with Gasteiger partial charge in [-0.15, -0.1) is 0 Å².